The second kappa shape index (κ2) is 5.46. The van der Waals surface area contributed by atoms with E-state index in [2.05, 4.69) is 0 Å². The second-order valence-electron chi connectivity index (χ2n) is 3.45. The Labute approximate surface area is 99.2 Å². The van der Waals surface area contributed by atoms with E-state index in [9.17, 15) is 13.2 Å². The fourth-order valence-electron chi connectivity index (χ4n) is 1.28. The van der Waals surface area contributed by atoms with Gasteiger partial charge in [0.15, 0.2) is 9.84 Å². The maximum atomic E-state index is 11.5. The number of hydrogen-bond donors (Lipinski definition) is 1. The van der Waals surface area contributed by atoms with Crippen molar-refractivity contribution < 1.29 is 18.3 Å². The monoisotopic (exact) mass is 253 g/mol. The summed E-state index contributed by atoms with van der Waals surface area (Å²) in [6.07, 6.45) is 0.359. The minimum absolute atomic E-state index is 0.00426. The van der Waals surface area contributed by atoms with E-state index in [0.717, 1.165) is 5.56 Å². The van der Waals surface area contributed by atoms with Gasteiger partial charge in [0, 0.05) is 6.42 Å². The molecule has 0 aliphatic heterocycles. The summed E-state index contributed by atoms with van der Waals surface area (Å²) in [5, 5.41) is 16.9. The van der Waals surface area contributed by atoms with Crippen molar-refractivity contribution in [3.8, 4) is 6.07 Å². The third kappa shape index (κ3) is 3.89. The Morgan fingerprint density at radius 3 is 2.35 bits per heavy atom. The Bertz CT molecular complexity index is 540. The third-order valence-corrected chi connectivity index (χ3v) is 3.66. The van der Waals surface area contributed by atoms with Crippen LogP contribution in [0.25, 0.3) is 0 Å². The van der Waals surface area contributed by atoms with Gasteiger partial charge in [0.05, 0.1) is 11.0 Å². The van der Waals surface area contributed by atoms with Crippen LogP contribution in [0.1, 0.15) is 12.0 Å². The van der Waals surface area contributed by atoms with E-state index < -0.39 is 21.6 Å². The van der Waals surface area contributed by atoms with Crippen LogP contribution in [0.3, 0.4) is 0 Å². The highest BCUT2D eigenvalue weighted by Crippen LogP contribution is 2.13. The molecule has 1 N–H and O–H groups in total. The summed E-state index contributed by atoms with van der Waals surface area (Å²) in [5.74, 6) is -1.45. The number of carboxylic acid groups (broad SMARTS) is 1. The maximum Gasteiger partial charge on any atom is 0.303 e. The molecule has 0 aliphatic carbocycles. The molecule has 5 nitrogen and oxygen atoms in total. The Hall–Kier alpha value is -1.87. The molecular weight excluding hydrogens is 242 g/mol. The first kappa shape index (κ1) is 13.2. The number of nitrogens with zero attached hydrogens (tertiary/aromatic N) is 1. The number of carboxylic acids is 1. The van der Waals surface area contributed by atoms with Crippen molar-refractivity contribution in [3.05, 3.63) is 29.8 Å². The molecule has 0 heterocycles. The van der Waals surface area contributed by atoms with Crippen LogP contribution in [0.15, 0.2) is 29.2 Å². The Morgan fingerprint density at radius 2 is 1.88 bits per heavy atom. The molecule has 0 unspecified atom stereocenters. The molecule has 17 heavy (non-hydrogen) atoms. The summed E-state index contributed by atoms with van der Waals surface area (Å²) in [6, 6.07) is 7.51. The van der Waals surface area contributed by atoms with Crippen molar-refractivity contribution in [1.82, 2.24) is 0 Å². The van der Waals surface area contributed by atoms with E-state index in [1.165, 1.54) is 12.1 Å². The average molecular weight is 253 g/mol. The summed E-state index contributed by atoms with van der Waals surface area (Å²) in [7, 11) is -3.54. The van der Waals surface area contributed by atoms with Crippen LogP contribution in [-0.2, 0) is 21.1 Å². The fourth-order valence-corrected chi connectivity index (χ4v) is 2.17. The highest BCUT2D eigenvalue weighted by Gasteiger charge is 2.13. The Morgan fingerprint density at radius 1 is 1.29 bits per heavy atom. The Balaban J connectivity index is 2.82. The van der Waals surface area contributed by atoms with Gasteiger partial charge in [-0.15, -0.1) is 0 Å². The van der Waals surface area contributed by atoms with Crippen molar-refractivity contribution in [2.45, 2.75) is 17.7 Å². The topological polar surface area (TPSA) is 95.2 Å². The summed E-state index contributed by atoms with van der Waals surface area (Å²) in [4.78, 5) is 10.4. The van der Waals surface area contributed by atoms with Crippen LogP contribution in [0.4, 0.5) is 0 Å². The minimum atomic E-state index is -3.54. The first-order valence-corrected chi connectivity index (χ1v) is 6.51. The Kier molecular flexibility index (Phi) is 4.24. The summed E-state index contributed by atoms with van der Waals surface area (Å²) in [5.41, 5.74) is 0.753. The smallest absolute Gasteiger partial charge is 0.303 e. The summed E-state index contributed by atoms with van der Waals surface area (Å²) in [6.45, 7) is 0. The number of carbonyl (C=O) groups is 1. The lowest BCUT2D eigenvalue weighted by Crippen LogP contribution is -2.05. The molecule has 0 radical (unpaired) electrons. The van der Waals surface area contributed by atoms with Gasteiger partial charge in [0.1, 0.15) is 5.75 Å². The van der Waals surface area contributed by atoms with Gasteiger partial charge >= 0.3 is 5.97 Å². The predicted molar refractivity (Wildman–Crippen MR) is 60.1 cm³/mol. The molecule has 0 aliphatic rings. The van der Waals surface area contributed by atoms with Gasteiger partial charge in [-0.1, -0.05) is 12.1 Å². The van der Waals surface area contributed by atoms with E-state index in [1.807, 2.05) is 0 Å². The number of benzene rings is 1. The van der Waals surface area contributed by atoms with Crippen LogP contribution < -0.4 is 0 Å². The molecule has 1 aromatic carbocycles. The SMILES string of the molecule is N#CCS(=O)(=O)c1ccc(CCC(=O)O)cc1. The van der Waals surface area contributed by atoms with E-state index in [-0.39, 0.29) is 11.3 Å². The number of aryl methyl sites for hydroxylation is 1. The van der Waals surface area contributed by atoms with Gasteiger partial charge in [-0.25, -0.2) is 8.42 Å². The van der Waals surface area contributed by atoms with E-state index in [1.54, 1.807) is 18.2 Å². The van der Waals surface area contributed by atoms with E-state index in [0.29, 0.717) is 6.42 Å². The molecule has 1 aromatic rings. The quantitative estimate of drug-likeness (QED) is 0.844. The van der Waals surface area contributed by atoms with Crippen molar-refractivity contribution >= 4 is 15.8 Å². The first-order chi connectivity index (χ1) is 7.95. The second-order valence-corrected chi connectivity index (χ2v) is 5.44. The number of sulfone groups is 1. The lowest BCUT2D eigenvalue weighted by molar-refractivity contribution is -0.136. The summed E-state index contributed by atoms with van der Waals surface area (Å²) < 4.78 is 23.0. The molecule has 0 saturated heterocycles. The van der Waals surface area contributed by atoms with Gasteiger partial charge in [-0.3, -0.25) is 4.79 Å². The van der Waals surface area contributed by atoms with Crippen LogP contribution in [0, 0.1) is 11.3 Å². The zero-order valence-corrected chi connectivity index (χ0v) is 9.77. The molecular formula is C11H11NO4S. The standard InChI is InChI=1S/C11H11NO4S/c12-7-8-17(15,16)10-4-1-9(2-5-10)3-6-11(13)14/h1-2,4-5H,3,6,8H2,(H,13,14). The van der Waals surface area contributed by atoms with Gasteiger partial charge in [-0.05, 0) is 24.1 Å². The predicted octanol–water partition coefficient (Wildman–Crippen LogP) is 1.00. The molecule has 0 amide bonds. The minimum Gasteiger partial charge on any atom is -0.481 e. The molecule has 0 atom stereocenters. The van der Waals surface area contributed by atoms with Crippen molar-refractivity contribution in [3.63, 3.8) is 0 Å². The molecule has 90 valence electrons. The maximum absolute atomic E-state index is 11.5. The first-order valence-electron chi connectivity index (χ1n) is 4.86. The highest BCUT2D eigenvalue weighted by atomic mass is 32.2. The number of rotatable bonds is 5. The zero-order valence-electron chi connectivity index (χ0n) is 8.96. The molecule has 0 saturated carbocycles. The molecule has 0 spiro atoms. The highest BCUT2D eigenvalue weighted by molar-refractivity contribution is 7.91. The summed E-state index contributed by atoms with van der Waals surface area (Å²) >= 11 is 0. The molecule has 0 bridgehead atoms. The fraction of sp³-hybridized carbons (Fsp3) is 0.273. The van der Waals surface area contributed by atoms with Crippen molar-refractivity contribution in [1.29, 1.82) is 5.26 Å². The average Bonchev–Trinajstić information content (AvgIpc) is 2.27. The molecule has 6 heteroatoms. The van der Waals surface area contributed by atoms with E-state index in [4.69, 9.17) is 10.4 Å². The molecule has 1 rings (SSSR count). The van der Waals surface area contributed by atoms with Crippen LogP contribution in [0.2, 0.25) is 0 Å². The number of aliphatic carboxylic acids is 1. The van der Waals surface area contributed by atoms with Gasteiger partial charge in [0.2, 0.25) is 0 Å². The molecule has 0 fully saturated rings. The van der Waals surface area contributed by atoms with Gasteiger partial charge < -0.3 is 5.11 Å². The normalized spacial score (nSPS) is 10.8. The van der Waals surface area contributed by atoms with Crippen molar-refractivity contribution in [2.24, 2.45) is 0 Å². The number of nitriles is 1. The van der Waals surface area contributed by atoms with Crippen LogP contribution in [0.5, 0.6) is 0 Å². The lowest BCUT2D eigenvalue weighted by atomic mass is 10.1. The number of hydrogen-bond acceptors (Lipinski definition) is 4. The zero-order chi connectivity index (χ0) is 12.9. The molecule has 0 aromatic heterocycles. The lowest BCUT2D eigenvalue weighted by Gasteiger charge is -2.02. The third-order valence-electron chi connectivity index (χ3n) is 2.16. The van der Waals surface area contributed by atoms with Crippen LogP contribution >= 0.6 is 0 Å². The van der Waals surface area contributed by atoms with Crippen LogP contribution in [-0.4, -0.2) is 25.2 Å². The van der Waals surface area contributed by atoms with Gasteiger partial charge in [-0.2, -0.15) is 5.26 Å². The van der Waals surface area contributed by atoms with Gasteiger partial charge in [0.25, 0.3) is 0 Å². The van der Waals surface area contributed by atoms with Crippen molar-refractivity contribution in [2.75, 3.05) is 5.75 Å². The van der Waals surface area contributed by atoms with E-state index >= 15 is 0 Å². The largest absolute Gasteiger partial charge is 0.481 e.